The highest BCUT2D eigenvalue weighted by atomic mass is 19.1. The molecule has 0 atom stereocenters. The molecule has 106 valence electrons. The predicted molar refractivity (Wildman–Crippen MR) is 76.1 cm³/mol. The summed E-state index contributed by atoms with van der Waals surface area (Å²) in [5.74, 6) is 0.123. The van der Waals surface area contributed by atoms with Crippen LogP contribution >= 0.6 is 0 Å². The zero-order valence-corrected chi connectivity index (χ0v) is 12.1. The van der Waals surface area contributed by atoms with Crippen molar-refractivity contribution in [2.24, 2.45) is 5.41 Å². The number of rotatable bonds is 7. The molecular weight excluding hydrogens is 241 g/mol. The van der Waals surface area contributed by atoms with Crippen LogP contribution < -0.4 is 10.1 Å². The van der Waals surface area contributed by atoms with Crippen molar-refractivity contribution in [3.8, 4) is 5.75 Å². The zero-order valence-electron chi connectivity index (χ0n) is 12.1. The van der Waals surface area contributed by atoms with Crippen molar-refractivity contribution < 1.29 is 9.13 Å². The molecule has 0 spiro atoms. The van der Waals surface area contributed by atoms with Gasteiger partial charge in [0.1, 0.15) is 0 Å². The molecule has 0 aliphatic heterocycles. The molecule has 0 aromatic heterocycles. The summed E-state index contributed by atoms with van der Waals surface area (Å²) in [5.41, 5.74) is 0.838. The molecule has 0 amide bonds. The van der Waals surface area contributed by atoms with E-state index in [2.05, 4.69) is 19.2 Å². The molecule has 2 nitrogen and oxygen atoms in total. The van der Waals surface area contributed by atoms with E-state index in [0.29, 0.717) is 5.75 Å². The standard InChI is InChI=1S/C16H24FNO/c1-16(2,9-10-18-13-7-8-13)11-12-5-4-6-14(19-3)15(12)17/h4-6,13,18H,7-11H2,1-3H3. The molecule has 1 aliphatic rings. The van der Waals surface area contributed by atoms with E-state index < -0.39 is 0 Å². The van der Waals surface area contributed by atoms with Crippen LogP contribution in [-0.2, 0) is 6.42 Å². The van der Waals surface area contributed by atoms with E-state index in [1.165, 1.54) is 20.0 Å². The smallest absolute Gasteiger partial charge is 0.168 e. The van der Waals surface area contributed by atoms with E-state index in [0.717, 1.165) is 31.0 Å². The van der Waals surface area contributed by atoms with Gasteiger partial charge in [0.15, 0.2) is 11.6 Å². The van der Waals surface area contributed by atoms with Gasteiger partial charge in [-0.1, -0.05) is 26.0 Å². The largest absolute Gasteiger partial charge is 0.494 e. The fraction of sp³-hybridized carbons (Fsp3) is 0.625. The van der Waals surface area contributed by atoms with Crippen molar-refractivity contribution in [3.05, 3.63) is 29.6 Å². The van der Waals surface area contributed by atoms with Gasteiger partial charge in [-0.15, -0.1) is 0 Å². The molecule has 0 saturated heterocycles. The third-order valence-electron chi connectivity index (χ3n) is 3.74. The third-order valence-corrected chi connectivity index (χ3v) is 3.74. The van der Waals surface area contributed by atoms with E-state index in [9.17, 15) is 4.39 Å². The Balaban J connectivity index is 1.93. The molecule has 1 aliphatic carbocycles. The Bertz CT molecular complexity index is 427. The third kappa shape index (κ3) is 4.20. The van der Waals surface area contributed by atoms with E-state index in [4.69, 9.17) is 4.74 Å². The molecule has 0 radical (unpaired) electrons. The number of benzene rings is 1. The average Bonchev–Trinajstić information content (AvgIpc) is 3.15. The first-order valence-electron chi connectivity index (χ1n) is 7.06. The van der Waals surface area contributed by atoms with Crippen molar-refractivity contribution in [2.75, 3.05) is 13.7 Å². The molecular formula is C16H24FNO. The Labute approximate surface area is 115 Å². The Hall–Kier alpha value is -1.09. The van der Waals surface area contributed by atoms with Gasteiger partial charge >= 0.3 is 0 Å². The summed E-state index contributed by atoms with van der Waals surface area (Å²) in [6.07, 6.45) is 4.42. The van der Waals surface area contributed by atoms with E-state index >= 15 is 0 Å². The number of halogens is 1. The molecule has 1 saturated carbocycles. The van der Waals surface area contributed by atoms with Crippen molar-refractivity contribution in [1.82, 2.24) is 5.32 Å². The quantitative estimate of drug-likeness (QED) is 0.814. The van der Waals surface area contributed by atoms with Crippen LogP contribution in [0.2, 0.25) is 0 Å². The average molecular weight is 265 g/mol. The van der Waals surface area contributed by atoms with Crippen LogP contribution in [-0.4, -0.2) is 19.7 Å². The molecule has 1 aromatic carbocycles. The lowest BCUT2D eigenvalue weighted by molar-refractivity contribution is 0.316. The first-order chi connectivity index (χ1) is 9.02. The van der Waals surface area contributed by atoms with E-state index in [1.807, 2.05) is 12.1 Å². The molecule has 0 bridgehead atoms. The van der Waals surface area contributed by atoms with Gasteiger partial charge in [-0.05, 0) is 49.3 Å². The molecule has 1 fully saturated rings. The minimum atomic E-state index is -0.215. The second-order valence-electron chi connectivity index (χ2n) is 6.25. The van der Waals surface area contributed by atoms with Gasteiger partial charge in [-0.25, -0.2) is 4.39 Å². The van der Waals surface area contributed by atoms with Crippen LogP contribution in [0, 0.1) is 11.2 Å². The lowest BCUT2D eigenvalue weighted by Gasteiger charge is -2.25. The predicted octanol–water partition coefficient (Wildman–Crippen LogP) is 3.55. The highest BCUT2D eigenvalue weighted by molar-refractivity contribution is 5.31. The van der Waals surface area contributed by atoms with Gasteiger partial charge in [0, 0.05) is 6.04 Å². The number of hydrogen-bond donors (Lipinski definition) is 1. The van der Waals surface area contributed by atoms with Crippen molar-refractivity contribution >= 4 is 0 Å². The number of ether oxygens (including phenoxy) is 1. The highest BCUT2D eigenvalue weighted by Crippen LogP contribution is 2.30. The van der Waals surface area contributed by atoms with Crippen molar-refractivity contribution in [3.63, 3.8) is 0 Å². The van der Waals surface area contributed by atoms with E-state index in [-0.39, 0.29) is 11.2 Å². The maximum atomic E-state index is 14.1. The SMILES string of the molecule is COc1cccc(CC(C)(C)CCNC2CC2)c1F. The summed E-state index contributed by atoms with van der Waals surface area (Å²) in [7, 11) is 1.51. The Kier molecular flexibility index (Phi) is 4.46. The van der Waals surface area contributed by atoms with Crippen LogP contribution in [0.3, 0.4) is 0 Å². The molecule has 1 aromatic rings. The minimum absolute atomic E-state index is 0.0924. The van der Waals surface area contributed by atoms with Crippen LogP contribution in [0.4, 0.5) is 4.39 Å². The summed E-state index contributed by atoms with van der Waals surface area (Å²) in [4.78, 5) is 0. The fourth-order valence-electron chi connectivity index (χ4n) is 2.36. The molecule has 2 rings (SSSR count). The second kappa shape index (κ2) is 5.91. The lowest BCUT2D eigenvalue weighted by atomic mass is 9.82. The van der Waals surface area contributed by atoms with Gasteiger partial charge in [-0.2, -0.15) is 0 Å². The van der Waals surface area contributed by atoms with Crippen LogP contribution in [0.25, 0.3) is 0 Å². The van der Waals surface area contributed by atoms with Crippen molar-refractivity contribution in [2.45, 2.75) is 45.6 Å². The van der Waals surface area contributed by atoms with Crippen LogP contribution in [0.15, 0.2) is 18.2 Å². The monoisotopic (exact) mass is 265 g/mol. The van der Waals surface area contributed by atoms with Crippen LogP contribution in [0.1, 0.15) is 38.7 Å². The summed E-state index contributed by atoms with van der Waals surface area (Å²) in [6, 6.07) is 6.12. The van der Waals surface area contributed by atoms with Gasteiger partial charge in [-0.3, -0.25) is 0 Å². The maximum Gasteiger partial charge on any atom is 0.168 e. The minimum Gasteiger partial charge on any atom is -0.494 e. The summed E-state index contributed by atoms with van der Waals surface area (Å²) in [5, 5.41) is 3.52. The molecule has 0 heterocycles. The summed E-state index contributed by atoms with van der Waals surface area (Å²) >= 11 is 0. The Morgan fingerprint density at radius 1 is 1.37 bits per heavy atom. The van der Waals surface area contributed by atoms with Crippen molar-refractivity contribution in [1.29, 1.82) is 0 Å². The Morgan fingerprint density at radius 2 is 2.11 bits per heavy atom. The molecule has 1 N–H and O–H groups in total. The number of hydrogen-bond acceptors (Lipinski definition) is 2. The summed E-state index contributed by atoms with van der Waals surface area (Å²) in [6.45, 7) is 5.41. The summed E-state index contributed by atoms with van der Waals surface area (Å²) < 4.78 is 19.2. The topological polar surface area (TPSA) is 21.3 Å². The fourth-order valence-corrected chi connectivity index (χ4v) is 2.36. The van der Waals surface area contributed by atoms with Gasteiger partial charge in [0.2, 0.25) is 0 Å². The van der Waals surface area contributed by atoms with Gasteiger partial charge in [0.05, 0.1) is 7.11 Å². The normalized spacial score (nSPS) is 15.6. The number of methoxy groups -OCH3 is 1. The van der Waals surface area contributed by atoms with Gasteiger partial charge < -0.3 is 10.1 Å². The number of nitrogens with one attached hydrogen (secondary N) is 1. The molecule has 3 heteroatoms. The Morgan fingerprint density at radius 3 is 2.74 bits per heavy atom. The molecule has 0 unspecified atom stereocenters. The van der Waals surface area contributed by atoms with Crippen LogP contribution in [0.5, 0.6) is 5.75 Å². The highest BCUT2D eigenvalue weighted by Gasteiger charge is 2.24. The van der Waals surface area contributed by atoms with E-state index in [1.54, 1.807) is 6.07 Å². The first-order valence-corrected chi connectivity index (χ1v) is 7.06. The lowest BCUT2D eigenvalue weighted by Crippen LogP contribution is -2.25. The maximum absolute atomic E-state index is 14.1. The zero-order chi connectivity index (χ0) is 13.9. The first kappa shape index (κ1) is 14.3. The second-order valence-corrected chi connectivity index (χ2v) is 6.25. The molecule has 19 heavy (non-hydrogen) atoms. The van der Waals surface area contributed by atoms with Gasteiger partial charge in [0.25, 0.3) is 0 Å².